The van der Waals surface area contributed by atoms with Crippen molar-refractivity contribution in [3.05, 3.63) is 29.8 Å². The van der Waals surface area contributed by atoms with Crippen molar-refractivity contribution >= 4 is 23.3 Å². The van der Waals surface area contributed by atoms with Crippen molar-refractivity contribution in [2.24, 2.45) is 5.84 Å². The topological polar surface area (TPSA) is 66.6 Å². The third-order valence-electron chi connectivity index (χ3n) is 1.59. The molecular weight excluding hydrogens is 230 g/mol. The maximum Gasteiger partial charge on any atom is 0.343 e. The van der Waals surface area contributed by atoms with Crippen LogP contribution in [0.4, 0.5) is 14.5 Å². The molecule has 0 aliphatic heterocycles. The predicted octanol–water partition coefficient (Wildman–Crippen LogP) is 1.29. The maximum absolute atomic E-state index is 12.7. The second-order valence-electron chi connectivity index (χ2n) is 2.71. The van der Waals surface area contributed by atoms with Crippen LogP contribution in [-0.2, 0) is 4.79 Å². The Morgan fingerprint density at radius 2 is 1.87 bits per heavy atom. The number of carboxylic acid groups (broad SMARTS) is 1. The fraction of sp³-hybridized carbons (Fsp3) is 0.125. The summed E-state index contributed by atoms with van der Waals surface area (Å²) in [4.78, 5) is 10.4. The second-order valence-corrected chi connectivity index (χ2v) is 3.12. The average Bonchev–Trinajstić information content (AvgIpc) is 2.13. The molecule has 1 aromatic rings. The standard InChI is InChI=1S/C8H7ClF2N2O2/c9-7(8(14)15)13(12)6-2-4(10)1-5(11)3-6/h1-3,7H,12H2,(H,14,15). The molecule has 1 aromatic carbocycles. The van der Waals surface area contributed by atoms with Crippen LogP contribution in [0.25, 0.3) is 0 Å². The van der Waals surface area contributed by atoms with Crippen LogP contribution in [0.1, 0.15) is 0 Å². The molecule has 0 saturated heterocycles. The number of nitrogens with two attached hydrogens (primary N) is 1. The number of nitrogens with zero attached hydrogens (tertiary/aromatic N) is 1. The summed E-state index contributed by atoms with van der Waals surface area (Å²) in [5.41, 5.74) is -1.75. The Hall–Kier alpha value is -1.40. The lowest BCUT2D eigenvalue weighted by molar-refractivity contribution is -0.136. The van der Waals surface area contributed by atoms with Crippen LogP contribution in [0, 0.1) is 11.6 Å². The summed E-state index contributed by atoms with van der Waals surface area (Å²) >= 11 is 5.36. The fourth-order valence-corrected chi connectivity index (χ4v) is 1.05. The Balaban J connectivity index is 3.00. The number of carbonyl (C=O) groups is 1. The number of hydrogen-bond acceptors (Lipinski definition) is 3. The molecule has 7 heteroatoms. The van der Waals surface area contributed by atoms with Crippen molar-refractivity contribution < 1.29 is 18.7 Å². The van der Waals surface area contributed by atoms with Gasteiger partial charge in [-0.1, -0.05) is 11.6 Å². The molecule has 0 aliphatic rings. The van der Waals surface area contributed by atoms with E-state index in [9.17, 15) is 13.6 Å². The number of aliphatic carboxylic acids is 1. The van der Waals surface area contributed by atoms with E-state index in [0.717, 1.165) is 12.1 Å². The van der Waals surface area contributed by atoms with Crippen LogP contribution in [0.15, 0.2) is 18.2 Å². The zero-order chi connectivity index (χ0) is 11.6. The first-order valence-corrected chi connectivity index (χ1v) is 4.22. The SMILES string of the molecule is NN(c1cc(F)cc(F)c1)C(Cl)C(=O)O. The van der Waals surface area contributed by atoms with Crippen molar-refractivity contribution in [1.82, 2.24) is 0 Å². The van der Waals surface area contributed by atoms with Gasteiger partial charge in [-0.05, 0) is 12.1 Å². The molecule has 0 saturated carbocycles. The lowest BCUT2D eigenvalue weighted by atomic mass is 10.3. The highest BCUT2D eigenvalue weighted by Crippen LogP contribution is 2.18. The number of carboxylic acids is 1. The van der Waals surface area contributed by atoms with Crippen LogP contribution in [0.3, 0.4) is 0 Å². The normalized spacial score (nSPS) is 12.3. The highest BCUT2D eigenvalue weighted by molar-refractivity contribution is 6.30. The minimum Gasteiger partial charge on any atom is -0.479 e. The summed E-state index contributed by atoms with van der Waals surface area (Å²) in [6.07, 6.45) is 0. The van der Waals surface area contributed by atoms with E-state index in [1.54, 1.807) is 0 Å². The molecule has 0 heterocycles. The molecule has 1 rings (SSSR count). The van der Waals surface area contributed by atoms with Gasteiger partial charge in [0.25, 0.3) is 0 Å². The number of benzene rings is 1. The molecule has 4 nitrogen and oxygen atoms in total. The Morgan fingerprint density at radius 3 is 2.27 bits per heavy atom. The minimum atomic E-state index is -1.59. The largest absolute Gasteiger partial charge is 0.479 e. The smallest absolute Gasteiger partial charge is 0.343 e. The van der Waals surface area contributed by atoms with E-state index in [1.807, 2.05) is 0 Å². The molecule has 0 bridgehead atoms. The lowest BCUT2D eigenvalue weighted by Crippen LogP contribution is -2.42. The molecule has 0 spiro atoms. The molecule has 0 aliphatic carbocycles. The van der Waals surface area contributed by atoms with Crippen molar-refractivity contribution in [2.75, 3.05) is 5.01 Å². The highest BCUT2D eigenvalue weighted by atomic mass is 35.5. The molecule has 0 fully saturated rings. The Kier molecular flexibility index (Phi) is 3.43. The summed E-state index contributed by atoms with van der Waals surface area (Å²) in [5, 5.41) is 9.06. The van der Waals surface area contributed by atoms with Crippen LogP contribution in [0.2, 0.25) is 0 Å². The first kappa shape index (κ1) is 11.7. The molecule has 0 aromatic heterocycles. The molecule has 1 unspecified atom stereocenters. The zero-order valence-corrected chi connectivity index (χ0v) is 8.08. The van der Waals surface area contributed by atoms with E-state index in [1.165, 1.54) is 0 Å². The monoisotopic (exact) mass is 236 g/mol. The van der Waals surface area contributed by atoms with Gasteiger partial charge in [-0.3, -0.25) is 5.01 Å². The zero-order valence-electron chi connectivity index (χ0n) is 7.32. The van der Waals surface area contributed by atoms with E-state index < -0.39 is 23.1 Å². The van der Waals surface area contributed by atoms with Crippen LogP contribution in [0.5, 0.6) is 0 Å². The molecule has 1 atom stereocenters. The van der Waals surface area contributed by atoms with Gasteiger partial charge in [0.05, 0.1) is 5.69 Å². The van der Waals surface area contributed by atoms with Gasteiger partial charge < -0.3 is 5.11 Å². The van der Waals surface area contributed by atoms with E-state index >= 15 is 0 Å². The van der Waals surface area contributed by atoms with Gasteiger partial charge in [0.1, 0.15) is 11.6 Å². The van der Waals surface area contributed by atoms with Gasteiger partial charge in [-0.2, -0.15) is 0 Å². The van der Waals surface area contributed by atoms with Gasteiger partial charge in [-0.25, -0.2) is 19.4 Å². The van der Waals surface area contributed by atoms with Gasteiger partial charge in [0, 0.05) is 6.07 Å². The first-order valence-electron chi connectivity index (χ1n) is 3.78. The van der Waals surface area contributed by atoms with E-state index in [2.05, 4.69) is 0 Å². The summed E-state index contributed by atoms with van der Waals surface area (Å²) in [6.45, 7) is 0. The number of alkyl halides is 1. The maximum atomic E-state index is 12.7. The molecule has 0 radical (unpaired) electrons. The summed E-state index contributed by atoms with van der Waals surface area (Å²) < 4.78 is 25.5. The third kappa shape index (κ3) is 2.77. The van der Waals surface area contributed by atoms with Crippen molar-refractivity contribution in [1.29, 1.82) is 0 Å². The molecule has 82 valence electrons. The van der Waals surface area contributed by atoms with Crippen LogP contribution >= 0.6 is 11.6 Å². The summed E-state index contributed by atoms with van der Waals surface area (Å²) in [6, 6.07) is 2.39. The number of anilines is 1. The molecule has 15 heavy (non-hydrogen) atoms. The van der Waals surface area contributed by atoms with E-state index in [4.69, 9.17) is 22.6 Å². The number of hydrazine groups is 1. The van der Waals surface area contributed by atoms with Gasteiger partial charge in [-0.15, -0.1) is 0 Å². The van der Waals surface area contributed by atoms with Crippen molar-refractivity contribution in [2.45, 2.75) is 5.50 Å². The fourth-order valence-electron chi connectivity index (χ4n) is 0.938. The van der Waals surface area contributed by atoms with E-state index in [0.29, 0.717) is 11.1 Å². The predicted molar refractivity (Wildman–Crippen MR) is 50.3 cm³/mol. The number of halogens is 3. The quantitative estimate of drug-likeness (QED) is 0.359. The molecular formula is C8H7ClF2N2O2. The third-order valence-corrected chi connectivity index (χ3v) is 1.99. The lowest BCUT2D eigenvalue weighted by Gasteiger charge is -2.20. The van der Waals surface area contributed by atoms with Crippen LogP contribution in [-0.4, -0.2) is 16.6 Å². The first-order chi connectivity index (χ1) is 6.91. The average molecular weight is 237 g/mol. The summed E-state index contributed by atoms with van der Waals surface area (Å²) in [5.74, 6) is 2.12. The van der Waals surface area contributed by atoms with Crippen molar-refractivity contribution in [3.63, 3.8) is 0 Å². The highest BCUT2D eigenvalue weighted by Gasteiger charge is 2.21. The van der Waals surface area contributed by atoms with Gasteiger partial charge in [0.15, 0.2) is 0 Å². The van der Waals surface area contributed by atoms with Gasteiger partial charge in [0.2, 0.25) is 5.50 Å². The van der Waals surface area contributed by atoms with Gasteiger partial charge >= 0.3 is 5.97 Å². The summed E-state index contributed by atoms with van der Waals surface area (Å²) in [7, 11) is 0. The number of hydrogen-bond donors (Lipinski definition) is 2. The van der Waals surface area contributed by atoms with E-state index in [-0.39, 0.29) is 5.69 Å². The minimum absolute atomic E-state index is 0.157. The Morgan fingerprint density at radius 1 is 1.40 bits per heavy atom. The Bertz CT molecular complexity index is 369. The molecule has 0 amide bonds. The number of rotatable bonds is 3. The molecule has 3 N–H and O–H groups in total. The Labute approximate surface area is 88.8 Å². The van der Waals surface area contributed by atoms with Crippen LogP contribution < -0.4 is 10.9 Å². The second kappa shape index (κ2) is 4.41. The van der Waals surface area contributed by atoms with Crippen molar-refractivity contribution in [3.8, 4) is 0 Å².